The first kappa shape index (κ1) is 17.5. The SMILES string of the molecule is CCCCC/C=C/C=C/CCCCCCCCC. The van der Waals surface area contributed by atoms with Crippen molar-refractivity contribution in [3.05, 3.63) is 24.3 Å². The van der Waals surface area contributed by atoms with Crippen LogP contribution in [0.5, 0.6) is 0 Å². The highest BCUT2D eigenvalue weighted by molar-refractivity contribution is 5.02. The van der Waals surface area contributed by atoms with Gasteiger partial charge in [0.15, 0.2) is 0 Å². The van der Waals surface area contributed by atoms with Gasteiger partial charge in [-0.05, 0) is 25.7 Å². The molecular weight excluding hydrogens is 216 g/mol. The Hall–Kier alpha value is -0.520. The van der Waals surface area contributed by atoms with Gasteiger partial charge in [-0.1, -0.05) is 89.5 Å². The van der Waals surface area contributed by atoms with E-state index in [0.29, 0.717) is 0 Å². The van der Waals surface area contributed by atoms with Gasteiger partial charge in [-0.25, -0.2) is 0 Å². The van der Waals surface area contributed by atoms with E-state index in [1.54, 1.807) is 0 Å². The highest BCUT2D eigenvalue weighted by atomic mass is 13.9. The lowest BCUT2D eigenvalue weighted by molar-refractivity contribution is 0.592. The summed E-state index contributed by atoms with van der Waals surface area (Å²) in [5.41, 5.74) is 0. The lowest BCUT2D eigenvalue weighted by atomic mass is 10.1. The fraction of sp³-hybridized carbons (Fsp3) is 0.778. The van der Waals surface area contributed by atoms with Gasteiger partial charge < -0.3 is 0 Å². The standard InChI is InChI=1S/C18H34/c1-3-5-7-9-11-13-15-17-18-16-14-12-10-8-6-4-2/h11,13,15,17H,3-10,12,14,16,18H2,1-2H3/b13-11+,17-15+. The summed E-state index contributed by atoms with van der Waals surface area (Å²) < 4.78 is 0. The Kier molecular flexibility index (Phi) is 16.0. The van der Waals surface area contributed by atoms with Gasteiger partial charge in [-0.15, -0.1) is 0 Å². The molecule has 0 unspecified atom stereocenters. The van der Waals surface area contributed by atoms with E-state index in [4.69, 9.17) is 0 Å². The third-order valence-electron chi connectivity index (χ3n) is 3.33. The molecule has 0 aromatic heterocycles. The van der Waals surface area contributed by atoms with E-state index in [0.717, 1.165) is 0 Å². The molecule has 0 saturated heterocycles. The molecule has 0 amide bonds. The smallest absolute Gasteiger partial charge is 0.0348 e. The normalized spacial score (nSPS) is 11.9. The molecule has 0 N–H and O–H groups in total. The highest BCUT2D eigenvalue weighted by Gasteiger charge is 1.88. The summed E-state index contributed by atoms with van der Waals surface area (Å²) in [4.78, 5) is 0. The minimum atomic E-state index is 1.25. The molecule has 0 aliphatic heterocycles. The molecule has 0 radical (unpaired) electrons. The van der Waals surface area contributed by atoms with Gasteiger partial charge in [-0.3, -0.25) is 0 Å². The maximum absolute atomic E-state index is 2.32. The van der Waals surface area contributed by atoms with Gasteiger partial charge in [0, 0.05) is 0 Å². The van der Waals surface area contributed by atoms with Gasteiger partial charge in [0.25, 0.3) is 0 Å². The van der Waals surface area contributed by atoms with Crippen LogP contribution in [0.3, 0.4) is 0 Å². The van der Waals surface area contributed by atoms with E-state index in [1.165, 1.54) is 77.0 Å². The largest absolute Gasteiger partial charge is 0.0845 e. The van der Waals surface area contributed by atoms with E-state index < -0.39 is 0 Å². The molecule has 0 aromatic rings. The molecule has 0 rings (SSSR count). The number of rotatable bonds is 13. The van der Waals surface area contributed by atoms with Crippen molar-refractivity contribution in [1.82, 2.24) is 0 Å². The molecule has 0 fully saturated rings. The Balaban J connectivity index is 3.13. The molecule has 0 aromatic carbocycles. The van der Waals surface area contributed by atoms with Crippen LogP contribution in [0.15, 0.2) is 24.3 Å². The lowest BCUT2D eigenvalue weighted by Crippen LogP contribution is -1.78. The van der Waals surface area contributed by atoms with E-state index in [-0.39, 0.29) is 0 Å². The Morgan fingerprint density at radius 2 is 0.889 bits per heavy atom. The molecule has 0 atom stereocenters. The van der Waals surface area contributed by atoms with Crippen LogP contribution in [0.25, 0.3) is 0 Å². The molecule has 0 saturated carbocycles. The van der Waals surface area contributed by atoms with Gasteiger partial charge >= 0.3 is 0 Å². The minimum Gasteiger partial charge on any atom is -0.0845 e. The zero-order chi connectivity index (χ0) is 13.3. The van der Waals surface area contributed by atoms with E-state index in [2.05, 4.69) is 38.2 Å². The van der Waals surface area contributed by atoms with Crippen molar-refractivity contribution in [2.75, 3.05) is 0 Å². The number of hydrogen-bond donors (Lipinski definition) is 0. The second-order valence-electron chi connectivity index (χ2n) is 5.26. The first-order valence-corrected chi connectivity index (χ1v) is 8.23. The topological polar surface area (TPSA) is 0 Å². The molecule has 106 valence electrons. The van der Waals surface area contributed by atoms with Crippen molar-refractivity contribution in [3.63, 3.8) is 0 Å². The summed E-state index contributed by atoms with van der Waals surface area (Å²) >= 11 is 0. The molecule has 0 heteroatoms. The fourth-order valence-electron chi connectivity index (χ4n) is 2.08. The average molecular weight is 250 g/mol. The van der Waals surface area contributed by atoms with Crippen LogP contribution in [-0.2, 0) is 0 Å². The number of allylic oxidation sites excluding steroid dienone is 4. The Morgan fingerprint density at radius 1 is 0.500 bits per heavy atom. The quantitative estimate of drug-likeness (QED) is 0.248. The summed E-state index contributed by atoms with van der Waals surface area (Å²) in [6, 6.07) is 0. The number of unbranched alkanes of at least 4 members (excludes halogenated alkanes) is 10. The van der Waals surface area contributed by atoms with Crippen LogP contribution in [0, 0.1) is 0 Å². The maximum Gasteiger partial charge on any atom is -0.0348 e. The van der Waals surface area contributed by atoms with Gasteiger partial charge in [0.05, 0.1) is 0 Å². The summed E-state index contributed by atoms with van der Waals surface area (Å²) in [6.45, 7) is 4.53. The predicted octanol–water partition coefficient (Wildman–Crippen LogP) is 6.82. The van der Waals surface area contributed by atoms with Gasteiger partial charge in [0.1, 0.15) is 0 Å². The minimum absolute atomic E-state index is 1.25. The third kappa shape index (κ3) is 15.5. The summed E-state index contributed by atoms with van der Waals surface area (Å²) in [6.07, 6.45) is 25.5. The van der Waals surface area contributed by atoms with Crippen molar-refractivity contribution in [2.24, 2.45) is 0 Å². The molecule has 18 heavy (non-hydrogen) atoms. The first-order chi connectivity index (χ1) is 8.91. The third-order valence-corrected chi connectivity index (χ3v) is 3.33. The zero-order valence-corrected chi connectivity index (χ0v) is 12.8. The lowest BCUT2D eigenvalue weighted by Gasteiger charge is -1.98. The summed E-state index contributed by atoms with van der Waals surface area (Å²) in [5.74, 6) is 0. The Bertz CT molecular complexity index is 188. The van der Waals surface area contributed by atoms with Crippen LogP contribution in [0.2, 0.25) is 0 Å². The molecule has 0 spiro atoms. The first-order valence-electron chi connectivity index (χ1n) is 8.23. The Morgan fingerprint density at radius 3 is 1.44 bits per heavy atom. The summed E-state index contributed by atoms with van der Waals surface area (Å²) in [5, 5.41) is 0. The summed E-state index contributed by atoms with van der Waals surface area (Å²) in [7, 11) is 0. The van der Waals surface area contributed by atoms with Crippen LogP contribution in [0.1, 0.15) is 90.9 Å². The molecule has 0 aliphatic carbocycles. The fourth-order valence-corrected chi connectivity index (χ4v) is 2.08. The van der Waals surface area contributed by atoms with E-state index in [1.807, 2.05) is 0 Å². The monoisotopic (exact) mass is 250 g/mol. The number of hydrogen-bond acceptors (Lipinski definition) is 0. The average Bonchev–Trinajstić information content (AvgIpc) is 2.39. The van der Waals surface area contributed by atoms with Crippen LogP contribution >= 0.6 is 0 Å². The van der Waals surface area contributed by atoms with Crippen LogP contribution in [0.4, 0.5) is 0 Å². The maximum atomic E-state index is 2.32. The van der Waals surface area contributed by atoms with Crippen LogP contribution in [-0.4, -0.2) is 0 Å². The van der Waals surface area contributed by atoms with E-state index in [9.17, 15) is 0 Å². The molecule has 0 aliphatic rings. The second kappa shape index (κ2) is 16.5. The van der Waals surface area contributed by atoms with Gasteiger partial charge in [0.2, 0.25) is 0 Å². The molecule has 0 bridgehead atoms. The van der Waals surface area contributed by atoms with Crippen molar-refractivity contribution < 1.29 is 0 Å². The van der Waals surface area contributed by atoms with Crippen molar-refractivity contribution >= 4 is 0 Å². The van der Waals surface area contributed by atoms with Crippen molar-refractivity contribution in [2.45, 2.75) is 90.9 Å². The van der Waals surface area contributed by atoms with Gasteiger partial charge in [-0.2, -0.15) is 0 Å². The Labute approximate surface area is 116 Å². The highest BCUT2D eigenvalue weighted by Crippen LogP contribution is 2.08. The van der Waals surface area contributed by atoms with Crippen molar-refractivity contribution in [1.29, 1.82) is 0 Å². The second-order valence-corrected chi connectivity index (χ2v) is 5.26. The van der Waals surface area contributed by atoms with Crippen LogP contribution < -0.4 is 0 Å². The zero-order valence-electron chi connectivity index (χ0n) is 12.8. The molecule has 0 nitrogen and oxygen atoms in total. The molecule has 0 heterocycles. The predicted molar refractivity (Wildman–Crippen MR) is 85.0 cm³/mol. The molecular formula is C18H34. The van der Waals surface area contributed by atoms with E-state index >= 15 is 0 Å². The van der Waals surface area contributed by atoms with Crippen molar-refractivity contribution in [3.8, 4) is 0 Å².